The Hall–Kier alpha value is -2.18. The van der Waals surface area contributed by atoms with Crippen molar-refractivity contribution in [2.75, 3.05) is 18.2 Å². The number of rotatable bonds is 6. The smallest absolute Gasteiger partial charge is 0.319 e. The Morgan fingerprint density at radius 3 is 2.35 bits per heavy atom. The van der Waals surface area contributed by atoms with Gasteiger partial charge >= 0.3 is 6.03 Å². The lowest BCUT2D eigenvalue weighted by Crippen LogP contribution is -2.33. The fraction of sp³-hybridized carbons (Fsp3) is 0.235. The molecule has 122 valence electrons. The predicted molar refractivity (Wildman–Crippen MR) is 91.8 cm³/mol. The van der Waals surface area contributed by atoms with E-state index in [4.69, 9.17) is 0 Å². The predicted octanol–water partition coefficient (Wildman–Crippen LogP) is 2.67. The molecule has 0 aromatic heterocycles. The average Bonchev–Trinajstić information content (AvgIpc) is 2.55. The number of nitrogens with one attached hydrogen (secondary N) is 2. The molecule has 2 rings (SSSR count). The van der Waals surface area contributed by atoms with Crippen LogP contribution in [0.3, 0.4) is 0 Å². The summed E-state index contributed by atoms with van der Waals surface area (Å²) in [7, 11) is -1.04. The second-order valence-electron chi connectivity index (χ2n) is 5.05. The third-order valence-corrected chi connectivity index (χ3v) is 4.31. The quantitative estimate of drug-likeness (QED) is 0.761. The van der Waals surface area contributed by atoms with E-state index in [2.05, 4.69) is 10.6 Å². The minimum absolute atomic E-state index is 0.0170. The number of amides is 2. The molecule has 0 bridgehead atoms. The van der Waals surface area contributed by atoms with Crippen LogP contribution in [0.1, 0.15) is 18.0 Å². The lowest BCUT2D eigenvalue weighted by Gasteiger charge is -2.18. The van der Waals surface area contributed by atoms with Gasteiger partial charge in [-0.2, -0.15) is 0 Å². The van der Waals surface area contributed by atoms with Crippen molar-refractivity contribution in [1.29, 1.82) is 0 Å². The van der Waals surface area contributed by atoms with E-state index in [0.717, 1.165) is 5.56 Å². The van der Waals surface area contributed by atoms with Crippen LogP contribution < -0.4 is 10.6 Å². The van der Waals surface area contributed by atoms with Crippen LogP contribution in [0.25, 0.3) is 0 Å². The molecule has 0 aliphatic rings. The van der Waals surface area contributed by atoms with E-state index in [1.165, 1.54) is 0 Å². The fourth-order valence-electron chi connectivity index (χ4n) is 2.19. The van der Waals surface area contributed by atoms with Crippen LogP contribution in [-0.2, 0) is 10.8 Å². The van der Waals surface area contributed by atoms with Gasteiger partial charge in [0, 0.05) is 34.2 Å². The van der Waals surface area contributed by atoms with Crippen LogP contribution >= 0.6 is 0 Å². The minimum Gasteiger partial charge on any atom is -0.396 e. The minimum atomic E-state index is -1.04. The van der Waals surface area contributed by atoms with Crippen molar-refractivity contribution >= 4 is 22.5 Å². The molecule has 5 nitrogen and oxygen atoms in total. The molecule has 6 heteroatoms. The number of aliphatic hydroxyl groups is 1. The molecule has 2 aromatic carbocycles. The summed E-state index contributed by atoms with van der Waals surface area (Å²) in [4.78, 5) is 12.8. The van der Waals surface area contributed by atoms with Gasteiger partial charge < -0.3 is 15.7 Å². The van der Waals surface area contributed by atoms with Crippen LogP contribution in [0.15, 0.2) is 59.5 Å². The Bertz CT molecular complexity index is 659. The highest BCUT2D eigenvalue weighted by molar-refractivity contribution is 7.84. The molecule has 0 aliphatic carbocycles. The molecule has 2 amide bonds. The summed E-state index contributed by atoms with van der Waals surface area (Å²) in [5.41, 5.74) is 1.56. The summed E-state index contributed by atoms with van der Waals surface area (Å²) in [6.45, 7) is -0.0170. The molecule has 0 heterocycles. The normalized spacial score (nSPS) is 13.1. The molecule has 23 heavy (non-hydrogen) atoms. The van der Waals surface area contributed by atoms with E-state index in [9.17, 15) is 14.1 Å². The first-order valence-corrected chi connectivity index (χ1v) is 8.83. The first-order chi connectivity index (χ1) is 11.1. The summed E-state index contributed by atoms with van der Waals surface area (Å²) in [6.07, 6.45) is 2.04. The second-order valence-corrected chi connectivity index (χ2v) is 6.43. The number of carbonyl (C=O) groups excluding carboxylic acids is 1. The van der Waals surface area contributed by atoms with E-state index >= 15 is 0 Å². The van der Waals surface area contributed by atoms with Crippen molar-refractivity contribution in [2.24, 2.45) is 0 Å². The number of aliphatic hydroxyl groups excluding tert-OH is 1. The molecule has 0 spiro atoms. The molecule has 0 radical (unpaired) electrons. The van der Waals surface area contributed by atoms with Gasteiger partial charge in [-0.15, -0.1) is 0 Å². The summed E-state index contributed by atoms with van der Waals surface area (Å²) in [6, 6.07) is 15.7. The van der Waals surface area contributed by atoms with Crippen LogP contribution in [-0.4, -0.2) is 28.2 Å². The lowest BCUT2D eigenvalue weighted by atomic mass is 10.0. The Labute approximate surface area is 138 Å². The van der Waals surface area contributed by atoms with Crippen molar-refractivity contribution in [1.82, 2.24) is 5.32 Å². The maximum absolute atomic E-state index is 12.1. The molecule has 0 saturated carbocycles. The van der Waals surface area contributed by atoms with E-state index in [1.54, 1.807) is 30.5 Å². The molecule has 2 aromatic rings. The zero-order valence-electron chi connectivity index (χ0n) is 12.9. The van der Waals surface area contributed by atoms with Crippen molar-refractivity contribution in [2.45, 2.75) is 17.4 Å². The van der Waals surface area contributed by atoms with Gasteiger partial charge in [0.15, 0.2) is 0 Å². The first-order valence-electron chi connectivity index (χ1n) is 7.27. The zero-order valence-corrected chi connectivity index (χ0v) is 13.7. The van der Waals surface area contributed by atoms with Gasteiger partial charge in [-0.05, 0) is 36.2 Å². The molecular formula is C17H20N2O3S. The first kappa shape index (κ1) is 17.2. The molecule has 2 atom stereocenters. The Kier molecular flexibility index (Phi) is 6.31. The largest absolute Gasteiger partial charge is 0.396 e. The van der Waals surface area contributed by atoms with E-state index < -0.39 is 10.8 Å². The zero-order chi connectivity index (χ0) is 16.7. The summed E-state index contributed by atoms with van der Waals surface area (Å²) < 4.78 is 11.3. The van der Waals surface area contributed by atoms with E-state index in [1.807, 2.05) is 30.3 Å². The lowest BCUT2D eigenvalue weighted by molar-refractivity contribution is 0.239. The molecule has 1 unspecified atom stereocenters. The average molecular weight is 332 g/mol. The highest BCUT2D eigenvalue weighted by atomic mass is 32.2. The van der Waals surface area contributed by atoms with Gasteiger partial charge in [0.25, 0.3) is 0 Å². The van der Waals surface area contributed by atoms with Gasteiger partial charge in [0.1, 0.15) is 0 Å². The number of hydrogen-bond acceptors (Lipinski definition) is 3. The Balaban J connectivity index is 2.00. The van der Waals surface area contributed by atoms with Crippen molar-refractivity contribution in [3.8, 4) is 0 Å². The van der Waals surface area contributed by atoms with Gasteiger partial charge in [-0.25, -0.2) is 4.79 Å². The maximum Gasteiger partial charge on any atom is 0.319 e. The van der Waals surface area contributed by atoms with Crippen molar-refractivity contribution in [3.05, 3.63) is 60.2 Å². The topological polar surface area (TPSA) is 78.4 Å². The molecular weight excluding hydrogens is 312 g/mol. The SMILES string of the molecule is CS(=O)c1ccc(NC(=O)N[C@H](CCO)c2ccccc2)cc1. The maximum atomic E-state index is 12.1. The van der Waals surface area contributed by atoms with Crippen LogP contribution in [0.4, 0.5) is 10.5 Å². The van der Waals surface area contributed by atoms with E-state index in [0.29, 0.717) is 17.0 Å². The Morgan fingerprint density at radius 2 is 1.78 bits per heavy atom. The van der Waals surface area contributed by atoms with E-state index in [-0.39, 0.29) is 18.7 Å². The fourth-order valence-corrected chi connectivity index (χ4v) is 2.71. The number of hydrogen-bond donors (Lipinski definition) is 3. The van der Waals surface area contributed by atoms with Crippen LogP contribution in [0.2, 0.25) is 0 Å². The van der Waals surface area contributed by atoms with Crippen molar-refractivity contribution < 1.29 is 14.1 Å². The molecule has 3 N–H and O–H groups in total. The summed E-state index contributed by atoms with van der Waals surface area (Å²) in [5.74, 6) is 0. The summed E-state index contributed by atoms with van der Waals surface area (Å²) >= 11 is 0. The second kappa shape index (κ2) is 8.45. The third-order valence-electron chi connectivity index (χ3n) is 3.37. The molecule has 0 aliphatic heterocycles. The summed E-state index contributed by atoms with van der Waals surface area (Å²) in [5, 5.41) is 14.8. The van der Waals surface area contributed by atoms with Crippen molar-refractivity contribution in [3.63, 3.8) is 0 Å². The van der Waals surface area contributed by atoms with Gasteiger partial charge in [0.05, 0.1) is 6.04 Å². The van der Waals surface area contributed by atoms with Gasteiger partial charge in [0.2, 0.25) is 0 Å². The monoisotopic (exact) mass is 332 g/mol. The standard InChI is InChI=1S/C17H20N2O3S/c1-23(22)15-9-7-14(8-10-15)18-17(21)19-16(11-12-20)13-5-3-2-4-6-13/h2-10,16,20H,11-12H2,1H3,(H2,18,19,21)/t16-,23?/m1/s1. The van der Waals surface area contributed by atoms with Gasteiger partial charge in [-0.1, -0.05) is 30.3 Å². The molecule has 0 fully saturated rings. The third kappa shape index (κ3) is 5.19. The number of carbonyl (C=O) groups is 1. The highest BCUT2D eigenvalue weighted by Gasteiger charge is 2.14. The number of benzene rings is 2. The highest BCUT2D eigenvalue weighted by Crippen LogP contribution is 2.17. The number of anilines is 1. The Morgan fingerprint density at radius 1 is 1.13 bits per heavy atom. The number of urea groups is 1. The van der Waals surface area contributed by atoms with Gasteiger partial charge in [-0.3, -0.25) is 4.21 Å². The van der Waals surface area contributed by atoms with Crippen LogP contribution in [0.5, 0.6) is 0 Å². The van der Waals surface area contributed by atoms with Crippen LogP contribution in [0, 0.1) is 0 Å². The molecule has 0 saturated heterocycles.